The molecule has 0 aliphatic carbocycles. The van der Waals surface area contributed by atoms with Crippen LogP contribution in [0, 0.1) is 20.8 Å². The molecule has 0 saturated heterocycles. The van der Waals surface area contributed by atoms with Crippen LogP contribution in [0.15, 0.2) is 28.8 Å². The monoisotopic (exact) mass is 298 g/mol. The molecule has 3 rings (SSSR count). The summed E-state index contributed by atoms with van der Waals surface area (Å²) in [4.78, 5) is 0. The lowest BCUT2D eigenvalue weighted by Crippen LogP contribution is -2.06. The normalized spacial score (nSPS) is 11.1. The Kier molecular flexibility index (Phi) is 3.77. The molecule has 0 unspecified atom stereocenters. The van der Waals surface area contributed by atoms with Gasteiger partial charge < -0.3 is 9.63 Å². The van der Waals surface area contributed by atoms with E-state index in [4.69, 9.17) is 4.52 Å². The van der Waals surface area contributed by atoms with Crippen molar-refractivity contribution < 1.29 is 9.63 Å². The van der Waals surface area contributed by atoms with E-state index in [2.05, 4.69) is 15.5 Å². The van der Waals surface area contributed by atoms with Crippen LogP contribution in [0.5, 0.6) is 0 Å². The van der Waals surface area contributed by atoms with Gasteiger partial charge in [-0.05, 0) is 26.3 Å². The third kappa shape index (κ3) is 2.42. The molecule has 1 N–H and O–H groups in total. The van der Waals surface area contributed by atoms with Crippen LogP contribution in [0.4, 0.5) is 0 Å². The molecule has 0 bridgehead atoms. The van der Waals surface area contributed by atoms with Crippen molar-refractivity contribution in [2.75, 3.05) is 0 Å². The van der Waals surface area contributed by atoms with Gasteiger partial charge in [-0.15, -0.1) is 5.10 Å². The predicted octanol–water partition coefficient (Wildman–Crippen LogP) is 2.40. The van der Waals surface area contributed by atoms with Gasteiger partial charge in [0.15, 0.2) is 0 Å². The van der Waals surface area contributed by atoms with Crippen molar-refractivity contribution in [3.05, 3.63) is 52.5 Å². The van der Waals surface area contributed by atoms with Crippen LogP contribution in [0.3, 0.4) is 0 Å². The molecular weight excluding hydrogens is 280 g/mol. The maximum Gasteiger partial charge on any atom is 0.138 e. The molecule has 3 aromatic rings. The summed E-state index contributed by atoms with van der Waals surface area (Å²) in [7, 11) is 0. The zero-order valence-corrected chi connectivity index (χ0v) is 12.9. The Morgan fingerprint density at radius 1 is 1.18 bits per heavy atom. The molecular formula is C16H18N4O2. The first-order valence-corrected chi connectivity index (χ1v) is 7.12. The first kappa shape index (κ1) is 14.5. The number of nitrogens with zero attached hydrogens (tertiary/aromatic N) is 4. The van der Waals surface area contributed by atoms with Crippen LogP contribution in [0.2, 0.25) is 0 Å². The fourth-order valence-electron chi connectivity index (χ4n) is 2.58. The highest BCUT2D eigenvalue weighted by molar-refractivity contribution is 5.65. The second-order valence-corrected chi connectivity index (χ2v) is 5.32. The molecule has 1 aromatic carbocycles. The van der Waals surface area contributed by atoms with Crippen LogP contribution in [-0.2, 0) is 13.2 Å². The maximum atomic E-state index is 9.57. The molecule has 0 saturated carbocycles. The average molecular weight is 298 g/mol. The van der Waals surface area contributed by atoms with Gasteiger partial charge in [0.2, 0.25) is 0 Å². The van der Waals surface area contributed by atoms with Gasteiger partial charge >= 0.3 is 0 Å². The van der Waals surface area contributed by atoms with Crippen molar-refractivity contribution >= 4 is 0 Å². The number of hydrogen-bond donors (Lipinski definition) is 1. The van der Waals surface area contributed by atoms with Crippen LogP contribution < -0.4 is 0 Å². The summed E-state index contributed by atoms with van der Waals surface area (Å²) in [6.07, 6.45) is 0. The van der Waals surface area contributed by atoms with Gasteiger partial charge in [0, 0.05) is 11.1 Å². The molecule has 0 aliphatic rings. The van der Waals surface area contributed by atoms with E-state index in [0.717, 1.165) is 33.8 Å². The molecule has 22 heavy (non-hydrogen) atoms. The first-order chi connectivity index (χ1) is 10.6. The van der Waals surface area contributed by atoms with Gasteiger partial charge in [-0.3, -0.25) is 0 Å². The largest absolute Gasteiger partial charge is 0.390 e. The van der Waals surface area contributed by atoms with Crippen LogP contribution >= 0.6 is 0 Å². The predicted molar refractivity (Wildman–Crippen MR) is 81.2 cm³/mol. The highest BCUT2D eigenvalue weighted by atomic mass is 16.5. The molecule has 6 heteroatoms. The van der Waals surface area contributed by atoms with Crippen LogP contribution in [0.1, 0.15) is 28.3 Å². The molecule has 0 atom stereocenters. The molecule has 114 valence electrons. The lowest BCUT2D eigenvalue weighted by molar-refractivity contribution is 0.277. The molecule has 0 amide bonds. The Balaban J connectivity index is 2.10. The molecule has 2 aromatic heterocycles. The second-order valence-electron chi connectivity index (χ2n) is 5.32. The first-order valence-electron chi connectivity index (χ1n) is 7.12. The number of aryl methyl sites for hydroxylation is 3. The third-order valence-electron chi connectivity index (χ3n) is 3.84. The fraction of sp³-hybridized carbons (Fsp3) is 0.312. The molecule has 0 aliphatic heterocycles. The quantitative estimate of drug-likeness (QED) is 0.800. The van der Waals surface area contributed by atoms with E-state index >= 15 is 0 Å². The highest BCUT2D eigenvalue weighted by Crippen LogP contribution is 2.27. The van der Waals surface area contributed by atoms with Crippen LogP contribution in [-0.4, -0.2) is 25.3 Å². The summed E-state index contributed by atoms with van der Waals surface area (Å²) in [5.74, 6) is 0.772. The topological polar surface area (TPSA) is 77.0 Å². The minimum atomic E-state index is -0.148. The van der Waals surface area contributed by atoms with E-state index in [9.17, 15) is 5.11 Å². The third-order valence-corrected chi connectivity index (χ3v) is 3.84. The number of rotatable bonds is 4. The number of hydrogen-bond acceptors (Lipinski definition) is 5. The van der Waals surface area contributed by atoms with Crippen molar-refractivity contribution in [1.29, 1.82) is 0 Å². The number of benzene rings is 1. The summed E-state index contributed by atoms with van der Waals surface area (Å²) >= 11 is 0. The van der Waals surface area contributed by atoms with E-state index in [1.165, 1.54) is 0 Å². The van der Waals surface area contributed by atoms with Crippen molar-refractivity contribution in [1.82, 2.24) is 20.2 Å². The standard InChI is InChI=1S/C16H18N4O2/c1-10-6-4-5-7-13(10)16-15(9-21)17-19-20(16)8-14-11(2)18-22-12(14)3/h4-7,21H,8-9H2,1-3H3. The SMILES string of the molecule is Cc1ccccc1-c1c(CO)nnn1Cc1c(C)noc1C. The zero-order valence-electron chi connectivity index (χ0n) is 12.9. The van der Waals surface area contributed by atoms with E-state index in [0.29, 0.717) is 12.2 Å². The number of aliphatic hydroxyl groups is 1. The van der Waals surface area contributed by atoms with Crippen molar-refractivity contribution in [3.8, 4) is 11.3 Å². The van der Waals surface area contributed by atoms with E-state index < -0.39 is 0 Å². The van der Waals surface area contributed by atoms with Gasteiger partial charge in [0.1, 0.15) is 11.5 Å². The average Bonchev–Trinajstić information content (AvgIpc) is 3.06. The van der Waals surface area contributed by atoms with Crippen molar-refractivity contribution in [2.45, 2.75) is 33.9 Å². The summed E-state index contributed by atoms with van der Waals surface area (Å²) in [5.41, 5.74) is 5.36. The Labute approximate surface area is 128 Å². The van der Waals surface area contributed by atoms with Gasteiger partial charge in [-0.1, -0.05) is 34.6 Å². The lowest BCUT2D eigenvalue weighted by Gasteiger charge is -2.10. The van der Waals surface area contributed by atoms with Gasteiger partial charge in [0.25, 0.3) is 0 Å². The Hall–Kier alpha value is -2.47. The molecule has 6 nitrogen and oxygen atoms in total. The molecule has 0 spiro atoms. The Morgan fingerprint density at radius 2 is 1.95 bits per heavy atom. The fourth-order valence-corrected chi connectivity index (χ4v) is 2.58. The summed E-state index contributed by atoms with van der Waals surface area (Å²) in [6.45, 7) is 6.18. The zero-order chi connectivity index (χ0) is 15.7. The summed E-state index contributed by atoms with van der Waals surface area (Å²) in [6, 6.07) is 8.00. The van der Waals surface area contributed by atoms with E-state index in [1.54, 1.807) is 4.68 Å². The van der Waals surface area contributed by atoms with Gasteiger partial charge in [0.05, 0.1) is 24.5 Å². The lowest BCUT2D eigenvalue weighted by atomic mass is 10.0. The Morgan fingerprint density at radius 3 is 2.59 bits per heavy atom. The molecule has 0 fully saturated rings. The van der Waals surface area contributed by atoms with E-state index in [1.807, 2.05) is 45.0 Å². The summed E-state index contributed by atoms with van der Waals surface area (Å²) in [5, 5.41) is 21.8. The highest BCUT2D eigenvalue weighted by Gasteiger charge is 2.18. The number of aliphatic hydroxyl groups excluding tert-OH is 1. The Bertz CT molecular complexity index is 785. The summed E-state index contributed by atoms with van der Waals surface area (Å²) < 4.78 is 7.00. The smallest absolute Gasteiger partial charge is 0.138 e. The molecule has 0 radical (unpaired) electrons. The molecule has 2 heterocycles. The van der Waals surface area contributed by atoms with Crippen LogP contribution in [0.25, 0.3) is 11.3 Å². The number of aromatic nitrogens is 4. The van der Waals surface area contributed by atoms with Gasteiger partial charge in [-0.25, -0.2) is 4.68 Å². The van der Waals surface area contributed by atoms with Gasteiger partial charge in [-0.2, -0.15) is 0 Å². The minimum absolute atomic E-state index is 0.148. The maximum absolute atomic E-state index is 9.57. The van der Waals surface area contributed by atoms with E-state index in [-0.39, 0.29) is 6.61 Å². The minimum Gasteiger partial charge on any atom is -0.390 e. The van der Waals surface area contributed by atoms with Crippen molar-refractivity contribution in [3.63, 3.8) is 0 Å². The second kappa shape index (κ2) is 5.73. The van der Waals surface area contributed by atoms with Crippen molar-refractivity contribution in [2.24, 2.45) is 0 Å².